The highest BCUT2D eigenvalue weighted by Crippen LogP contribution is 2.16. The van der Waals surface area contributed by atoms with E-state index in [0.29, 0.717) is 6.04 Å². The van der Waals surface area contributed by atoms with Gasteiger partial charge in [-0.15, -0.1) is 0 Å². The van der Waals surface area contributed by atoms with Gasteiger partial charge in [-0.3, -0.25) is 4.68 Å². The molecule has 0 aliphatic carbocycles. The van der Waals surface area contributed by atoms with E-state index < -0.39 is 0 Å². The second-order valence-corrected chi connectivity index (χ2v) is 4.22. The van der Waals surface area contributed by atoms with Crippen LogP contribution in [0.3, 0.4) is 0 Å². The number of aryl methyl sites for hydroxylation is 1. The molecular weight excluding hydrogens is 214 g/mol. The molecule has 0 aliphatic rings. The van der Waals surface area contributed by atoms with Crippen molar-refractivity contribution < 1.29 is 4.74 Å². The van der Waals surface area contributed by atoms with Gasteiger partial charge in [0.25, 0.3) is 0 Å². The first-order chi connectivity index (χ1) is 8.33. The molecule has 0 saturated heterocycles. The molecule has 0 amide bonds. The third-order valence-electron chi connectivity index (χ3n) is 2.79. The van der Waals surface area contributed by atoms with Crippen LogP contribution >= 0.6 is 0 Å². The Bertz CT molecular complexity index is 299. The number of nitrogens with zero attached hydrogens (tertiary/aromatic N) is 2. The van der Waals surface area contributed by atoms with Crippen LogP contribution in [-0.2, 0) is 11.3 Å². The van der Waals surface area contributed by atoms with Gasteiger partial charge in [0.2, 0.25) is 0 Å². The van der Waals surface area contributed by atoms with Crippen LogP contribution in [0.4, 0.5) is 0 Å². The van der Waals surface area contributed by atoms with Crippen LogP contribution in [0.2, 0.25) is 0 Å². The second-order valence-electron chi connectivity index (χ2n) is 4.22. The quantitative estimate of drug-likeness (QED) is 0.672. The summed E-state index contributed by atoms with van der Waals surface area (Å²) in [5, 5.41) is 7.69. The maximum atomic E-state index is 5.54. The maximum Gasteiger partial charge on any atom is 0.0554 e. The predicted molar refractivity (Wildman–Crippen MR) is 70.0 cm³/mol. The molecule has 17 heavy (non-hydrogen) atoms. The van der Waals surface area contributed by atoms with Crippen LogP contribution in [0, 0.1) is 0 Å². The van der Waals surface area contributed by atoms with Gasteiger partial charge >= 0.3 is 0 Å². The van der Waals surface area contributed by atoms with E-state index in [9.17, 15) is 0 Å². The maximum absolute atomic E-state index is 5.54. The largest absolute Gasteiger partial charge is 0.381 e. The van der Waals surface area contributed by atoms with E-state index in [1.165, 1.54) is 5.69 Å². The molecule has 1 N–H and O–H groups in total. The molecule has 0 spiro atoms. The molecule has 1 aromatic heterocycles. The zero-order valence-electron chi connectivity index (χ0n) is 11.3. The smallest absolute Gasteiger partial charge is 0.0554 e. The third-order valence-corrected chi connectivity index (χ3v) is 2.79. The fraction of sp³-hybridized carbons (Fsp3) is 0.769. The first-order valence-electron chi connectivity index (χ1n) is 6.60. The van der Waals surface area contributed by atoms with Crippen molar-refractivity contribution in [3.8, 4) is 0 Å². The Morgan fingerprint density at radius 3 is 2.82 bits per heavy atom. The Labute approximate surface area is 104 Å². The van der Waals surface area contributed by atoms with Gasteiger partial charge in [-0.25, -0.2) is 0 Å². The normalized spacial score (nSPS) is 12.9. The predicted octanol–water partition coefficient (Wildman–Crippen LogP) is 2.37. The molecule has 0 fully saturated rings. The fourth-order valence-electron chi connectivity index (χ4n) is 1.93. The van der Waals surface area contributed by atoms with Crippen molar-refractivity contribution in [2.75, 3.05) is 20.3 Å². The zero-order chi connectivity index (χ0) is 12.5. The highest BCUT2D eigenvalue weighted by atomic mass is 16.5. The molecule has 1 rings (SSSR count). The van der Waals surface area contributed by atoms with Gasteiger partial charge in [0.15, 0.2) is 0 Å². The summed E-state index contributed by atoms with van der Waals surface area (Å²) < 4.78 is 7.63. The summed E-state index contributed by atoms with van der Waals surface area (Å²) >= 11 is 0. The average Bonchev–Trinajstić information content (AvgIpc) is 2.78. The molecule has 1 aromatic rings. The van der Waals surface area contributed by atoms with E-state index in [1.54, 1.807) is 0 Å². The van der Waals surface area contributed by atoms with E-state index in [4.69, 9.17) is 4.74 Å². The van der Waals surface area contributed by atoms with Gasteiger partial charge in [0.05, 0.1) is 11.7 Å². The van der Waals surface area contributed by atoms with Crippen LogP contribution in [0.5, 0.6) is 0 Å². The van der Waals surface area contributed by atoms with Gasteiger partial charge in [-0.1, -0.05) is 13.8 Å². The highest BCUT2D eigenvalue weighted by Gasteiger charge is 2.13. The molecule has 4 heteroatoms. The van der Waals surface area contributed by atoms with Gasteiger partial charge in [-0.05, 0) is 32.4 Å². The van der Waals surface area contributed by atoms with Crippen molar-refractivity contribution in [1.82, 2.24) is 15.1 Å². The minimum Gasteiger partial charge on any atom is -0.381 e. The Hall–Kier alpha value is -0.870. The molecule has 1 atom stereocenters. The topological polar surface area (TPSA) is 39.1 Å². The zero-order valence-corrected chi connectivity index (χ0v) is 11.3. The van der Waals surface area contributed by atoms with Crippen LogP contribution in [0.25, 0.3) is 0 Å². The Kier molecular flexibility index (Phi) is 6.89. The van der Waals surface area contributed by atoms with E-state index >= 15 is 0 Å². The minimum atomic E-state index is 0.334. The highest BCUT2D eigenvalue weighted by molar-refractivity contribution is 5.06. The van der Waals surface area contributed by atoms with Crippen LogP contribution in [0.1, 0.15) is 44.8 Å². The Morgan fingerprint density at radius 2 is 2.18 bits per heavy atom. The monoisotopic (exact) mass is 239 g/mol. The molecular formula is C13H25N3O. The van der Waals surface area contributed by atoms with Crippen molar-refractivity contribution >= 4 is 0 Å². The van der Waals surface area contributed by atoms with Crippen molar-refractivity contribution in [2.24, 2.45) is 0 Å². The molecule has 0 radical (unpaired) electrons. The molecule has 0 aromatic carbocycles. The molecule has 0 bridgehead atoms. The van der Waals surface area contributed by atoms with Gasteiger partial charge in [0.1, 0.15) is 0 Å². The summed E-state index contributed by atoms with van der Waals surface area (Å²) in [6.07, 6.45) is 5.06. The van der Waals surface area contributed by atoms with Crippen molar-refractivity contribution in [2.45, 2.75) is 45.7 Å². The lowest BCUT2D eigenvalue weighted by molar-refractivity contribution is 0.124. The minimum absolute atomic E-state index is 0.334. The number of ether oxygens (including phenoxy) is 1. The lowest BCUT2D eigenvalue weighted by Gasteiger charge is -2.17. The van der Waals surface area contributed by atoms with Crippen molar-refractivity contribution in [3.63, 3.8) is 0 Å². The Morgan fingerprint density at radius 1 is 1.35 bits per heavy atom. The summed E-state index contributed by atoms with van der Waals surface area (Å²) in [6.45, 7) is 6.94. The molecule has 1 heterocycles. The van der Waals surface area contributed by atoms with Gasteiger partial charge in [0, 0.05) is 26.0 Å². The molecule has 1 unspecified atom stereocenters. The van der Waals surface area contributed by atoms with E-state index in [2.05, 4.69) is 35.0 Å². The average molecular weight is 239 g/mol. The second kappa shape index (κ2) is 8.25. The van der Waals surface area contributed by atoms with Crippen LogP contribution in [0.15, 0.2) is 12.3 Å². The van der Waals surface area contributed by atoms with Crippen molar-refractivity contribution in [1.29, 1.82) is 0 Å². The molecule has 98 valence electrons. The van der Waals surface area contributed by atoms with Gasteiger partial charge < -0.3 is 10.1 Å². The number of rotatable bonds is 9. The summed E-state index contributed by atoms with van der Waals surface area (Å²) in [5.74, 6) is 0. The molecule has 0 aliphatic heterocycles. The third kappa shape index (κ3) is 4.48. The number of hydrogen-bond acceptors (Lipinski definition) is 3. The lowest BCUT2D eigenvalue weighted by atomic mass is 10.1. The standard InChI is InChI=1S/C13H25N3O/c1-4-9-16-13(6-8-15-16)12(14-3)7-11-17-10-5-2/h6,8,12,14H,4-5,7,9-11H2,1-3H3. The Balaban J connectivity index is 2.50. The number of hydrogen-bond donors (Lipinski definition) is 1. The van der Waals surface area contributed by atoms with Crippen molar-refractivity contribution in [3.05, 3.63) is 18.0 Å². The van der Waals surface area contributed by atoms with E-state index in [-0.39, 0.29) is 0 Å². The summed E-state index contributed by atoms with van der Waals surface area (Å²) in [5.41, 5.74) is 1.26. The first kappa shape index (κ1) is 14.2. The van der Waals surface area contributed by atoms with E-state index in [1.807, 2.05) is 13.2 Å². The van der Waals surface area contributed by atoms with E-state index in [0.717, 1.165) is 39.0 Å². The SMILES string of the molecule is CCCOCCC(NC)c1ccnn1CCC. The number of nitrogens with one attached hydrogen (secondary N) is 1. The van der Waals surface area contributed by atoms with Crippen LogP contribution < -0.4 is 5.32 Å². The number of aromatic nitrogens is 2. The molecule has 0 saturated carbocycles. The van der Waals surface area contributed by atoms with Gasteiger partial charge in [-0.2, -0.15) is 5.10 Å². The summed E-state index contributed by atoms with van der Waals surface area (Å²) in [4.78, 5) is 0. The van der Waals surface area contributed by atoms with Crippen LogP contribution in [-0.4, -0.2) is 30.0 Å². The lowest BCUT2D eigenvalue weighted by Crippen LogP contribution is -2.22. The molecule has 4 nitrogen and oxygen atoms in total. The first-order valence-corrected chi connectivity index (χ1v) is 6.60. The fourth-order valence-corrected chi connectivity index (χ4v) is 1.93. The summed E-state index contributed by atoms with van der Waals surface area (Å²) in [7, 11) is 1.99. The summed E-state index contributed by atoms with van der Waals surface area (Å²) in [6, 6.07) is 2.43.